The van der Waals surface area contributed by atoms with Crippen LogP contribution in [0.1, 0.15) is 11.1 Å². The number of aromatic nitrogens is 1. The molecule has 17 heavy (non-hydrogen) atoms. The van der Waals surface area contributed by atoms with Gasteiger partial charge in [0.05, 0.1) is 11.6 Å². The molecular weight excluding hydrogens is 255 g/mol. The van der Waals surface area contributed by atoms with Crippen molar-refractivity contribution in [2.75, 3.05) is 0 Å². The molecule has 0 unspecified atom stereocenters. The van der Waals surface area contributed by atoms with E-state index in [2.05, 4.69) is 9.98 Å². The first-order chi connectivity index (χ1) is 8.25. The second kappa shape index (κ2) is 5.80. The van der Waals surface area contributed by atoms with Crippen LogP contribution < -0.4 is 0 Å². The Labute approximate surface area is 110 Å². The van der Waals surface area contributed by atoms with Gasteiger partial charge in [0, 0.05) is 29.2 Å². The molecule has 0 saturated carbocycles. The van der Waals surface area contributed by atoms with E-state index in [0.29, 0.717) is 16.6 Å². The van der Waals surface area contributed by atoms with E-state index in [0.717, 1.165) is 11.1 Å². The predicted molar refractivity (Wildman–Crippen MR) is 72.0 cm³/mol. The summed E-state index contributed by atoms with van der Waals surface area (Å²) in [4.78, 5) is 8.33. The molecule has 1 aromatic carbocycles. The standard InChI is InChI=1S/C13H10Cl2N2/c14-12-4-3-11(13(15)6-12)9-17-8-10-2-1-5-16-7-10/h1-7,9H,8H2. The van der Waals surface area contributed by atoms with Gasteiger partial charge >= 0.3 is 0 Å². The van der Waals surface area contributed by atoms with Crippen molar-refractivity contribution in [1.29, 1.82) is 0 Å². The first-order valence-electron chi connectivity index (χ1n) is 5.09. The molecule has 0 aliphatic heterocycles. The molecule has 86 valence electrons. The lowest BCUT2D eigenvalue weighted by Gasteiger charge is -1.98. The fourth-order valence-corrected chi connectivity index (χ4v) is 1.80. The van der Waals surface area contributed by atoms with Crippen LogP contribution in [0.5, 0.6) is 0 Å². The largest absolute Gasteiger partial charge is 0.288 e. The van der Waals surface area contributed by atoms with Crippen LogP contribution >= 0.6 is 23.2 Å². The van der Waals surface area contributed by atoms with Gasteiger partial charge in [-0.15, -0.1) is 0 Å². The first kappa shape index (κ1) is 12.1. The van der Waals surface area contributed by atoms with Crippen molar-refractivity contribution in [3.8, 4) is 0 Å². The second-order valence-corrected chi connectivity index (χ2v) is 4.34. The summed E-state index contributed by atoms with van der Waals surface area (Å²) < 4.78 is 0. The van der Waals surface area contributed by atoms with Gasteiger partial charge in [-0.25, -0.2) is 0 Å². The third kappa shape index (κ3) is 3.55. The minimum atomic E-state index is 0.590. The van der Waals surface area contributed by atoms with Crippen LogP contribution in [0.3, 0.4) is 0 Å². The highest BCUT2D eigenvalue weighted by molar-refractivity contribution is 6.36. The summed E-state index contributed by atoms with van der Waals surface area (Å²) in [5.41, 5.74) is 1.92. The molecule has 0 radical (unpaired) electrons. The van der Waals surface area contributed by atoms with Crippen LogP contribution in [0.15, 0.2) is 47.7 Å². The molecule has 0 N–H and O–H groups in total. The molecule has 1 aromatic heterocycles. The summed E-state index contributed by atoms with van der Waals surface area (Å²) in [6.07, 6.45) is 5.27. The first-order valence-corrected chi connectivity index (χ1v) is 5.85. The third-order valence-corrected chi connectivity index (χ3v) is 2.75. The predicted octanol–water partition coefficient (Wildman–Crippen LogP) is 4.01. The fraction of sp³-hybridized carbons (Fsp3) is 0.0769. The van der Waals surface area contributed by atoms with Crippen LogP contribution in [-0.4, -0.2) is 11.2 Å². The highest BCUT2D eigenvalue weighted by Crippen LogP contribution is 2.19. The molecule has 0 fully saturated rings. The maximum atomic E-state index is 6.02. The molecule has 0 amide bonds. The van der Waals surface area contributed by atoms with Crippen molar-refractivity contribution >= 4 is 29.4 Å². The van der Waals surface area contributed by atoms with Gasteiger partial charge in [-0.3, -0.25) is 9.98 Å². The van der Waals surface area contributed by atoms with E-state index in [4.69, 9.17) is 23.2 Å². The Morgan fingerprint density at radius 2 is 2.12 bits per heavy atom. The van der Waals surface area contributed by atoms with E-state index in [-0.39, 0.29) is 0 Å². The van der Waals surface area contributed by atoms with Crippen molar-refractivity contribution in [1.82, 2.24) is 4.98 Å². The Kier molecular flexibility index (Phi) is 4.13. The minimum absolute atomic E-state index is 0.590. The molecule has 2 nitrogen and oxygen atoms in total. The zero-order valence-corrected chi connectivity index (χ0v) is 10.5. The normalized spacial score (nSPS) is 10.9. The van der Waals surface area contributed by atoms with Gasteiger partial charge in [-0.1, -0.05) is 35.3 Å². The number of nitrogens with zero attached hydrogens (tertiary/aromatic N) is 2. The zero-order chi connectivity index (χ0) is 12.1. The van der Waals surface area contributed by atoms with Gasteiger partial charge < -0.3 is 0 Å². The van der Waals surface area contributed by atoms with Crippen LogP contribution in [0.4, 0.5) is 0 Å². The summed E-state index contributed by atoms with van der Waals surface area (Å²) in [6, 6.07) is 9.21. The second-order valence-electron chi connectivity index (χ2n) is 3.50. The molecule has 1 heterocycles. The SMILES string of the molecule is Clc1ccc(C=NCc2cccnc2)c(Cl)c1. The maximum absolute atomic E-state index is 6.02. The van der Waals surface area contributed by atoms with Gasteiger partial charge in [-0.2, -0.15) is 0 Å². The van der Waals surface area contributed by atoms with Gasteiger partial charge in [0.2, 0.25) is 0 Å². The Hall–Kier alpha value is -1.38. The van der Waals surface area contributed by atoms with Crippen LogP contribution in [0.2, 0.25) is 10.0 Å². The van der Waals surface area contributed by atoms with E-state index >= 15 is 0 Å². The Morgan fingerprint density at radius 1 is 1.24 bits per heavy atom. The quantitative estimate of drug-likeness (QED) is 0.770. The monoisotopic (exact) mass is 264 g/mol. The lowest BCUT2D eigenvalue weighted by molar-refractivity contribution is 1.05. The van der Waals surface area contributed by atoms with Gasteiger partial charge in [0.15, 0.2) is 0 Å². The van der Waals surface area contributed by atoms with Crippen molar-refractivity contribution in [2.45, 2.75) is 6.54 Å². The van der Waals surface area contributed by atoms with Crippen LogP contribution in [-0.2, 0) is 6.54 Å². The Morgan fingerprint density at radius 3 is 2.82 bits per heavy atom. The number of hydrogen-bond donors (Lipinski definition) is 0. The average Bonchev–Trinajstić information content (AvgIpc) is 2.33. The number of pyridine rings is 1. The van der Waals surface area contributed by atoms with Crippen molar-refractivity contribution < 1.29 is 0 Å². The highest BCUT2D eigenvalue weighted by atomic mass is 35.5. The van der Waals surface area contributed by atoms with E-state index in [1.165, 1.54) is 0 Å². The molecule has 0 spiro atoms. The summed E-state index contributed by atoms with van der Waals surface area (Å²) in [6.45, 7) is 0.590. The number of rotatable bonds is 3. The van der Waals surface area contributed by atoms with E-state index < -0.39 is 0 Å². The highest BCUT2D eigenvalue weighted by Gasteiger charge is 1.97. The summed E-state index contributed by atoms with van der Waals surface area (Å²) in [5.74, 6) is 0. The minimum Gasteiger partial charge on any atom is -0.288 e. The van der Waals surface area contributed by atoms with Gasteiger partial charge in [-0.05, 0) is 23.8 Å². The number of aliphatic imine (C=N–C) groups is 1. The van der Waals surface area contributed by atoms with Crippen molar-refractivity contribution in [3.05, 3.63) is 63.9 Å². The topological polar surface area (TPSA) is 25.2 Å². The third-order valence-electron chi connectivity index (χ3n) is 2.19. The number of benzene rings is 1. The lowest BCUT2D eigenvalue weighted by Crippen LogP contribution is -1.86. The van der Waals surface area contributed by atoms with Gasteiger partial charge in [0.1, 0.15) is 0 Å². The summed E-state index contributed by atoms with van der Waals surface area (Å²) in [5, 5.41) is 1.23. The van der Waals surface area contributed by atoms with E-state index in [1.807, 2.05) is 18.2 Å². The zero-order valence-electron chi connectivity index (χ0n) is 8.98. The summed E-state index contributed by atoms with van der Waals surface area (Å²) in [7, 11) is 0. The molecule has 0 bridgehead atoms. The van der Waals surface area contributed by atoms with Crippen molar-refractivity contribution in [3.63, 3.8) is 0 Å². The molecule has 0 aliphatic rings. The molecule has 0 atom stereocenters. The Balaban J connectivity index is 2.06. The van der Waals surface area contributed by atoms with Gasteiger partial charge in [0.25, 0.3) is 0 Å². The van der Waals surface area contributed by atoms with Crippen molar-refractivity contribution in [2.24, 2.45) is 4.99 Å². The lowest BCUT2D eigenvalue weighted by atomic mass is 10.2. The van der Waals surface area contributed by atoms with Crippen LogP contribution in [0.25, 0.3) is 0 Å². The molecule has 4 heteroatoms. The summed E-state index contributed by atoms with van der Waals surface area (Å²) >= 11 is 11.8. The average molecular weight is 265 g/mol. The molecule has 0 aliphatic carbocycles. The van der Waals surface area contributed by atoms with Crippen LogP contribution in [0, 0.1) is 0 Å². The smallest absolute Gasteiger partial charge is 0.0655 e. The fourth-order valence-electron chi connectivity index (χ4n) is 1.35. The molecular formula is C13H10Cl2N2. The molecule has 2 rings (SSSR count). The maximum Gasteiger partial charge on any atom is 0.0655 e. The molecule has 0 saturated heterocycles. The number of halogens is 2. The molecule has 2 aromatic rings. The number of hydrogen-bond acceptors (Lipinski definition) is 2. The van der Waals surface area contributed by atoms with E-state index in [9.17, 15) is 0 Å². The van der Waals surface area contributed by atoms with E-state index in [1.54, 1.807) is 30.7 Å². The Bertz CT molecular complexity index is 524.